The zero-order valence-electron chi connectivity index (χ0n) is 13.1. The van der Waals surface area contributed by atoms with Crippen LogP contribution in [0.2, 0.25) is 0 Å². The van der Waals surface area contributed by atoms with Crippen molar-refractivity contribution in [2.24, 2.45) is 5.92 Å². The number of likely N-dealkylation sites (tertiary alicyclic amines) is 1. The third kappa shape index (κ3) is 3.66. The Bertz CT molecular complexity index is 480. The summed E-state index contributed by atoms with van der Waals surface area (Å²) in [5.74, 6) is 0.610. The van der Waals surface area contributed by atoms with Gasteiger partial charge in [-0.3, -0.25) is 9.69 Å². The number of piperidine rings is 1. The zero-order valence-corrected chi connectivity index (χ0v) is 13.1. The molecule has 0 saturated carbocycles. The van der Waals surface area contributed by atoms with E-state index in [1.54, 1.807) is 4.90 Å². The first-order valence-corrected chi connectivity index (χ1v) is 8.01. The van der Waals surface area contributed by atoms with Crippen molar-refractivity contribution < 1.29 is 14.3 Å². The maximum absolute atomic E-state index is 12.4. The Morgan fingerprint density at radius 2 is 1.82 bits per heavy atom. The lowest BCUT2D eigenvalue weighted by Crippen LogP contribution is -2.44. The molecule has 2 saturated heterocycles. The molecule has 2 aliphatic heterocycles. The van der Waals surface area contributed by atoms with Crippen molar-refractivity contribution in [2.75, 3.05) is 44.8 Å². The minimum atomic E-state index is -0.0233. The summed E-state index contributed by atoms with van der Waals surface area (Å²) in [5.41, 5.74) is 0.940. The molecule has 0 unspecified atom stereocenters. The molecule has 0 spiro atoms. The molecule has 2 fully saturated rings. The predicted octanol–water partition coefficient (Wildman–Crippen LogP) is 1.73. The molecule has 0 atom stereocenters. The SMILES string of the molecule is CN(C(=O)CN1CCC(C2OCCO2)CC1)c1ccccc1. The average molecular weight is 304 g/mol. The molecule has 0 aromatic heterocycles. The molecule has 2 aliphatic rings. The third-order valence-corrected chi connectivity index (χ3v) is 4.54. The molecule has 1 aromatic carbocycles. The fraction of sp³-hybridized carbons (Fsp3) is 0.588. The highest BCUT2D eigenvalue weighted by atomic mass is 16.7. The van der Waals surface area contributed by atoms with Crippen molar-refractivity contribution in [2.45, 2.75) is 19.1 Å². The maximum atomic E-state index is 12.4. The summed E-state index contributed by atoms with van der Waals surface area (Å²) in [5, 5.41) is 0. The lowest BCUT2D eigenvalue weighted by Gasteiger charge is -2.34. The fourth-order valence-electron chi connectivity index (χ4n) is 3.12. The van der Waals surface area contributed by atoms with Crippen LogP contribution in [0.5, 0.6) is 0 Å². The van der Waals surface area contributed by atoms with Crippen LogP contribution in [-0.4, -0.2) is 57.0 Å². The molecule has 5 nitrogen and oxygen atoms in total. The van der Waals surface area contributed by atoms with Crippen molar-refractivity contribution in [3.8, 4) is 0 Å². The van der Waals surface area contributed by atoms with Crippen LogP contribution in [0.3, 0.4) is 0 Å². The number of anilines is 1. The Hall–Kier alpha value is -1.43. The van der Waals surface area contributed by atoms with Gasteiger partial charge in [-0.15, -0.1) is 0 Å². The maximum Gasteiger partial charge on any atom is 0.240 e. The van der Waals surface area contributed by atoms with Crippen LogP contribution in [0.25, 0.3) is 0 Å². The number of ether oxygens (including phenoxy) is 2. The van der Waals surface area contributed by atoms with Crippen LogP contribution in [0.1, 0.15) is 12.8 Å². The Morgan fingerprint density at radius 3 is 2.45 bits per heavy atom. The summed E-state index contributed by atoms with van der Waals surface area (Å²) >= 11 is 0. The van der Waals surface area contributed by atoms with E-state index in [4.69, 9.17) is 9.47 Å². The second-order valence-electron chi connectivity index (χ2n) is 6.01. The number of carbonyl (C=O) groups is 1. The first kappa shape index (κ1) is 15.5. The molecule has 0 radical (unpaired) electrons. The van der Waals surface area contributed by atoms with Crippen molar-refractivity contribution in [3.05, 3.63) is 30.3 Å². The number of hydrogen-bond acceptors (Lipinski definition) is 4. The van der Waals surface area contributed by atoms with E-state index in [1.165, 1.54) is 0 Å². The molecule has 0 aliphatic carbocycles. The first-order chi connectivity index (χ1) is 10.7. The summed E-state index contributed by atoms with van der Waals surface area (Å²) in [6, 6.07) is 9.77. The number of rotatable bonds is 4. The van der Waals surface area contributed by atoms with Gasteiger partial charge in [0.1, 0.15) is 0 Å². The van der Waals surface area contributed by atoms with E-state index in [9.17, 15) is 4.79 Å². The van der Waals surface area contributed by atoms with Gasteiger partial charge in [0.15, 0.2) is 6.29 Å². The van der Waals surface area contributed by atoms with Gasteiger partial charge in [0.25, 0.3) is 0 Å². The van der Waals surface area contributed by atoms with Gasteiger partial charge in [0.05, 0.1) is 19.8 Å². The number of nitrogens with zero attached hydrogens (tertiary/aromatic N) is 2. The zero-order chi connectivity index (χ0) is 15.4. The Morgan fingerprint density at radius 1 is 1.18 bits per heavy atom. The molecule has 0 bridgehead atoms. The molecule has 1 aromatic rings. The Kier molecular flexibility index (Phi) is 5.08. The minimum Gasteiger partial charge on any atom is -0.350 e. The number of benzene rings is 1. The quantitative estimate of drug-likeness (QED) is 0.849. The van der Waals surface area contributed by atoms with Crippen LogP contribution in [0.15, 0.2) is 30.3 Å². The van der Waals surface area contributed by atoms with Crippen LogP contribution < -0.4 is 4.90 Å². The van der Waals surface area contributed by atoms with Crippen LogP contribution >= 0.6 is 0 Å². The first-order valence-electron chi connectivity index (χ1n) is 8.01. The van der Waals surface area contributed by atoms with Gasteiger partial charge in [-0.1, -0.05) is 18.2 Å². The van der Waals surface area contributed by atoms with Gasteiger partial charge >= 0.3 is 0 Å². The summed E-state index contributed by atoms with van der Waals surface area (Å²) in [6.45, 7) is 3.77. The van der Waals surface area contributed by atoms with E-state index in [0.29, 0.717) is 25.7 Å². The molecule has 2 heterocycles. The van der Waals surface area contributed by atoms with E-state index in [0.717, 1.165) is 31.6 Å². The van der Waals surface area contributed by atoms with Gasteiger partial charge in [-0.25, -0.2) is 0 Å². The van der Waals surface area contributed by atoms with Crippen molar-refractivity contribution >= 4 is 11.6 Å². The second kappa shape index (κ2) is 7.22. The normalized spacial score (nSPS) is 21.1. The highest BCUT2D eigenvalue weighted by molar-refractivity contribution is 5.94. The molecule has 120 valence electrons. The molecular formula is C17H24N2O3. The second-order valence-corrected chi connectivity index (χ2v) is 6.01. The summed E-state index contributed by atoms with van der Waals surface area (Å²) in [4.78, 5) is 16.3. The highest BCUT2D eigenvalue weighted by Gasteiger charge is 2.31. The number of para-hydroxylation sites is 1. The van der Waals surface area contributed by atoms with Gasteiger partial charge in [0, 0.05) is 18.7 Å². The van der Waals surface area contributed by atoms with Crippen LogP contribution in [0.4, 0.5) is 5.69 Å². The minimum absolute atomic E-state index is 0.0233. The topological polar surface area (TPSA) is 42.0 Å². The van der Waals surface area contributed by atoms with Crippen molar-refractivity contribution in [1.82, 2.24) is 4.90 Å². The van der Waals surface area contributed by atoms with Crippen molar-refractivity contribution in [3.63, 3.8) is 0 Å². The third-order valence-electron chi connectivity index (χ3n) is 4.54. The van der Waals surface area contributed by atoms with E-state index < -0.39 is 0 Å². The van der Waals surface area contributed by atoms with Crippen LogP contribution in [-0.2, 0) is 14.3 Å². The van der Waals surface area contributed by atoms with E-state index in [1.807, 2.05) is 37.4 Å². The standard InChI is InChI=1S/C17H24N2O3/c1-18(15-5-3-2-4-6-15)16(20)13-19-9-7-14(8-10-19)17-21-11-12-22-17/h2-6,14,17H,7-13H2,1H3. The molecule has 22 heavy (non-hydrogen) atoms. The van der Waals surface area contributed by atoms with E-state index in [-0.39, 0.29) is 12.2 Å². The van der Waals surface area contributed by atoms with Gasteiger partial charge in [0.2, 0.25) is 5.91 Å². The summed E-state index contributed by atoms with van der Waals surface area (Å²) < 4.78 is 11.2. The van der Waals surface area contributed by atoms with Crippen molar-refractivity contribution in [1.29, 1.82) is 0 Å². The lowest BCUT2D eigenvalue weighted by atomic mass is 9.96. The molecule has 5 heteroatoms. The van der Waals surface area contributed by atoms with Gasteiger partial charge in [-0.05, 0) is 38.1 Å². The highest BCUT2D eigenvalue weighted by Crippen LogP contribution is 2.25. The van der Waals surface area contributed by atoms with Crippen LogP contribution in [0, 0.1) is 5.92 Å². The smallest absolute Gasteiger partial charge is 0.240 e. The summed E-state index contributed by atoms with van der Waals surface area (Å²) in [7, 11) is 1.84. The molecule has 0 N–H and O–H groups in total. The monoisotopic (exact) mass is 304 g/mol. The van der Waals surface area contributed by atoms with Gasteiger partial charge < -0.3 is 14.4 Å². The van der Waals surface area contributed by atoms with E-state index >= 15 is 0 Å². The Labute approximate surface area is 131 Å². The Balaban J connectivity index is 1.47. The molecular weight excluding hydrogens is 280 g/mol. The van der Waals surface area contributed by atoms with E-state index in [2.05, 4.69) is 4.90 Å². The number of carbonyl (C=O) groups excluding carboxylic acids is 1. The predicted molar refractivity (Wildman–Crippen MR) is 84.7 cm³/mol. The number of likely N-dealkylation sites (N-methyl/N-ethyl adjacent to an activating group) is 1. The largest absolute Gasteiger partial charge is 0.350 e. The molecule has 3 rings (SSSR count). The lowest BCUT2D eigenvalue weighted by molar-refractivity contribution is -0.121. The number of hydrogen-bond donors (Lipinski definition) is 0. The van der Waals surface area contributed by atoms with Gasteiger partial charge in [-0.2, -0.15) is 0 Å². The number of amides is 1. The average Bonchev–Trinajstić information content (AvgIpc) is 3.10. The summed E-state index contributed by atoms with van der Waals surface area (Å²) in [6.07, 6.45) is 2.05. The fourth-order valence-corrected chi connectivity index (χ4v) is 3.12. The molecule has 1 amide bonds.